The molecule has 5 heteroatoms. The minimum Gasteiger partial charge on any atom is -0.463 e. The van der Waals surface area contributed by atoms with E-state index in [-0.39, 0.29) is 12.6 Å². The summed E-state index contributed by atoms with van der Waals surface area (Å²) < 4.78 is 10.4. The summed E-state index contributed by atoms with van der Waals surface area (Å²) in [5.74, 6) is 1.97. The first-order valence-corrected chi connectivity index (χ1v) is 11.4. The second-order valence-electron chi connectivity index (χ2n) is 9.30. The van der Waals surface area contributed by atoms with Crippen molar-refractivity contribution < 1.29 is 24.5 Å². The number of carbonyl (C=O) groups excluding carboxylic acids is 1. The number of hydrogen-bond acceptors (Lipinski definition) is 5. The van der Waals surface area contributed by atoms with Gasteiger partial charge in [0.2, 0.25) is 0 Å². The van der Waals surface area contributed by atoms with Gasteiger partial charge >= 0.3 is 5.97 Å². The summed E-state index contributed by atoms with van der Waals surface area (Å²) in [6.45, 7) is 9.54. The molecule has 0 aromatic rings. The maximum absolute atomic E-state index is 11.8. The molecule has 166 valence electrons. The van der Waals surface area contributed by atoms with Crippen LogP contribution in [0.2, 0.25) is 0 Å². The summed E-state index contributed by atoms with van der Waals surface area (Å²) >= 11 is 0. The van der Waals surface area contributed by atoms with Crippen LogP contribution in [0, 0.1) is 17.8 Å². The lowest BCUT2D eigenvalue weighted by molar-refractivity contribution is -0.151. The zero-order valence-electron chi connectivity index (χ0n) is 18.6. The molecule has 4 unspecified atom stereocenters. The van der Waals surface area contributed by atoms with Crippen molar-refractivity contribution in [2.24, 2.45) is 17.8 Å². The molecule has 1 heterocycles. The Morgan fingerprint density at radius 1 is 1.00 bits per heavy atom. The molecule has 1 saturated heterocycles. The van der Waals surface area contributed by atoms with E-state index in [1.165, 1.54) is 38.5 Å². The van der Waals surface area contributed by atoms with Crippen molar-refractivity contribution in [3.8, 4) is 0 Å². The van der Waals surface area contributed by atoms with Crippen molar-refractivity contribution in [3.05, 3.63) is 0 Å². The highest BCUT2D eigenvalue weighted by Crippen LogP contribution is 2.21. The minimum atomic E-state index is -0.956. The molecule has 2 N–H and O–H groups in total. The van der Waals surface area contributed by atoms with Crippen LogP contribution in [0.25, 0.3) is 0 Å². The van der Waals surface area contributed by atoms with Crippen molar-refractivity contribution in [2.45, 2.75) is 110 Å². The summed E-state index contributed by atoms with van der Waals surface area (Å²) in [6, 6.07) is 0. The van der Waals surface area contributed by atoms with Gasteiger partial charge in [0.05, 0.1) is 6.10 Å². The van der Waals surface area contributed by atoms with E-state index in [2.05, 4.69) is 27.7 Å². The molecule has 5 atom stereocenters. The summed E-state index contributed by atoms with van der Waals surface area (Å²) in [5, 5.41) is 19.6. The molecule has 0 aromatic heterocycles. The Hall–Kier alpha value is -0.650. The molecule has 1 fully saturated rings. The van der Waals surface area contributed by atoms with Crippen LogP contribution in [-0.4, -0.2) is 47.7 Å². The van der Waals surface area contributed by atoms with Crippen LogP contribution in [0.4, 0.5) is 0 Å². The predicted molar refractivity (Wildman–Crippen MR) is 112 cm³/mol. The normalized spacial score (nSPS) is 23.0. The number of esters is 1. The third kappa shape index (κ3) is 11.4. The molecule has 5 nitrogen and oxygen atoms in total. The van der Waals surface area contributed by atoms with E-state index in [0.29, 0.717) is 25.4 Å². The average Bonchev–Trinajstić information content (AvgIpc) is 3.05. The second-order valence-corrected chi connectivity index (χ2v) is 9.30. The van der Waals surface area contributed by atoms with Gasteiger partial charge in [0, 0.05) is 13.0 Å². The average molecular weight is 401 g/mol. The summed E-state index contributed by atoms with van der Waals surface area (Å²) in [5.41, 5.74) is 0. The van der Waals surface area contributed by atoms with Gasteiger partial charge in [-0.05, 0) is 30.6 Å². The Morgan fingerprint density at radius 3 is 2.11 bits per heavy atom. The zero-order chi connectivity index (χ0) is 20.9. The van der Waals surface area contributed by atoms with Gasteiger partial charge in [0.1, 0.15) is 18.8 Å². The summed E-state index contributed by atoms with van der Waals surface area (Å²) in [4.78, 5) is 11.8. The van der Waals surface area contributed by atoms with E-state index in [9.17, 15) is 15.0 Å². The molecule has 1 aliphatic heterocycles. The van der Waals surface area contributed by atoms with Crippen LogP contribution >= 0.6 is 0 Å². The maximum Gasteiger partial charge on any atom is 0.305 e. The van der Waals surface area contributed by atoms with Crippen molar-refractivity contribution in [1.82, 2.24) is 0 Å². The van der Waals surface area contributed by atoms with E-state index in [4.69, 9.17) is 9.47 Å². The summed E-state index contributed by atoms with van der Waals surface area (Å²) in [7, 11) is 0. The number of carbonyl (C=O) groups is 1. The van der Waals surface area contributed by atoms with Gasteiger partial charge in [-0.2, -0.15) is 0 Å². The van der Waals surface area contributed by atoms with Gasteiger partial charge in [0.25, 0.3) is 0 Å². The van der Waals surface area contributed by atoms with Crippen molar-refractivity contribution in [1.29, 1.82) is 0 Å². The van der Waals surface area contributed by atoms with Gasteiger partial charge in [-0.1, -0.05) is 72.6 Å². The monoisotopic (exact) mass is 400 g/mol. The standard InChI is InChI=1S/C23H44O5/c1-17(2)8-5-9-18(3)10-6-11-19(4)12-7-13-22(26)28-16-21(25)23-20(24)14-15-27-23/h17-21,23-25H,5-16H2,1-4H3/t18?,19?,20-,21?,23?/m1/s1. The minimum absolute atomic E-state index is 0.106. The highest BCUT2D eigenvalue weighted by atomic mass is 16.6. The molecule has 1 aliphatic rings. The topological polar surface area (TPSA) is 76.0 Å². The number of hydrogen-bond donors (Lipinski definition) is 2. The number of aliphatic hydroxyl groups is 2. The Kier molecular flexibility index (Phi) is 13.0. The van der Waals surface area contributed by atoms with Crippen LogP contribution in [0.1, 0.15) is 91.9 Å². The molecule has 0 saturated carbocycles. The van der Waals surface area contributed by atoms with E-state index in [1.54, 1.807) is 0 Å². The fourth-order valence-corrected chi connectivity index (χ4v) is 3.89. The molecule has 0 aromatic carbocycles. The number of aliphatic hydroxyl groups excluding tert-OH is 2. The summed E-state index contributed by atoms with van der Waals surface area (Å²) in [6.07, 6.45) is 8.30. The molecular weight excluding hydrogens is 356 g/mol. The third-order valence-corrected chi connectivity index (χ3v) is 5.85. The van der Waals surface area contributed by atoms with Crippen LogP contribution in [0.15, 0.2) is 0 Å². The Morgan fingerprint density at radius 2 is 1.57 bits per heavy atom. The molecule has 0 amide bonds. The van der Waals surface area contributed by atoms with Gasteiger partial charge < -0.3 is 19.7 Å². The molecular formula is C23H44O5. The first-order chi connectivity index (χ1) is 13.3. The smallest absolute Gasteiger partial charge is 0.305 e. The third-order valence-electron chi connectivity index (χ3n) is 5.85. The van der Waals surface area contributed by atoms with Crippen molar-refractivity contribution in [2.75, 3.05) is 13.2 Å². The first-order valence-electron chi connectivity index (χ1n) is 11.4. The zero-order valence-corrected chi connectivity index (χ0v) is 18.6. The lowest BCUT2D eigenvalue weighted by Gasteiger charge is -2.20. The molecule has 1 rings (SSSR count). The number of ether oxygens (including phenoxy) is 2. The molecule has 0 radical (unpaired) electrons. The van der Waals surface area contributed by atoms with Gasteiger partial charge in [-0.15, -0.1) is 0 Å². The Labute approximate surface area is 172 Å². The van der Waals surface area contributed by atoms with Gasteiger partial charge in [-0.3, -0.25) is 4.79 Å². The molecule has 0 aliphatic carbocycles. The predicted octanol–water partition coefficient (Wildman–Crippen LogP) is 4.48. The molecule has 0 bridgehead atoms. The lowest BCUT2D eigenvalue weighted by atomic mass is 9.92. The SMILES string of the molecule is CC(C)CCCC(C)CCCC(C)CCCC(=O)OCC(O)C1OCC[C@H]1O. The fourth-order valence-electron chi connectivity index (χ4n) is 3.89. The highest BCUT2D eigenvalue weighted by Gasteiger charge is 2.33. The molecule has 0 spiro atoms. The fraction of sp³-hybridized carbons (Fsp3) is 0.957. The highest BCUT2D eigenvalue weighted by molar-refractivity contribution is 5.69. The Bertz CT molecular complexity index is 412. The lowest BCUT2D eigenvalue weighted by Crippen LogP contribution is -2.38. The van der Waals surface area contributed by atoms with Crippen LogP contribution in [-0.2, 0) is 14.3 Å². The second kappa shape index (κ2) is 14.4. The van der Waals surface area contributed by atoms with E-state index in [1.807, 2.05) is 0 Å². The van der Waals surface area contributed by atoms with Crippen molar-refractivity contribution >= 4 is 5.97 Å². The van der Waals surface area contributed by atoms with Crippen LogP contribution in [0.5, 0.6) is 0 Å². The van der Waals surface area contributed by atoms with E-state index in [0.717, 1.165) is 24.7 Å². The van der Waals surface area contributed by atoms with E-state index >= 15 is 0 Å². The van der Waals surface area contributed by atoms with Crippen LogP contribution in [0.3, 0.4) is 0 Å². The number of rotatable bonds is 15. The quantitative estimate of drug-likeness (QED) is 0.396. The van der Waals surface area contributed by atoms with Gasteiger partial charge in [0.15, 0.2) is 0 Å². The first kappa shape index (κ1) is 25.4. The Balaban J connectivity index is 2.01. The van der Waals surface area contributed by atoms with E-state index < -0.39 is 18.3 Å². The molecule has 28 heavy (non-hydrogen) atoms. The van der Waals surface area contributed by atoms with Crippen molar-refractivity contribution in [3.63, 3.8) is 0 Å². The maximum atomic E-state index is 11.8. The largest absolute Gasteiger partial charge is 0.463 e. The van der Waals surface area contributed by atoms with Crippen LogP contribution < -0.4 is 0 Å². The van der Waals surface area contributed by atoms with Gasteiger partial charge in [-0.25, -0.2) is 0 Å².